The van der Waals surface area contributed by atoms with Crippen molar-refractivity contribution >= 4 is 27.7 Å². The van der Waals surface area contributed by atoms with Crippen LogP contribution in [0.1, 0.15) is 16.7 Å². The van der Waals surface area contributed by atoms with Crippen LogP contribution >= 0.6 is 11.8 Å². The van der Waals surface area contributed by atoms with E-state index in [1.165, 1.54) is 18.2 Å². The van der Waals surface area contributed by atoms with Crippen molar-refractivity contribution < 1.29 is 12.8 Å². The molecule has 0 saturated heterocycles. The van der Waals surface area contributed by atoms with Crippen molar-refractivity contribution in [3.8, 4) is 0 Å². The Morgan fingerprint density at radius 2 is 1.89 bits per heavy atom. The lowest BCUT2D eigenvalue weighted by molar-refractivity contribution is 0.597. The summed E-state index contributed by atoms with van der Waals surface area (Å²) in [5.41, 5.74) is 2.69. The maximum absolute atomic E-state index is 13.4. The number of thioether (sulfide) groups is 1. The average molecular weight is 411 g/mol. The van der Waals surface area contributed by atoms with Crippen molar-refractivity contribution in [3.05, 3.63) is 65.0 Å². The number of guanidine groups is 1. The first-order chi connectivity index (χ1) is 12.8. The Morgan fingerprint density at radius 1 is 1.15 bits per heavy atom. The zero-order valence-corrected chi connectivity index (χ0v) is 16.8. The van der Waals surface area contributed by atoms with Gasteiger partial charge in [0.2, 0.25) is 10.0 Å². The highest BCUT2D eigenvalue weighted by Crippen LogP contribution is 2.16. The van der Waals surface area contributed by atoms with E-state index in [-0.39, 0.29) is 10.7 Å². The van der Waals surface area contributed by atoms with Gasteiger partial charge >= 0.3 is 0 Å². The zero-order chi connectivity index (χ0) is 19.9. The molecule has 146 valence electrons. The van der Waals surface area contributed by atoms with Gasteiger partial charge in [-0.15, -0.1) is 0 Å². The third-order valence-electron chi connectivity index (χ3n) is 3.82. The van der Waals surface area contributed by atoms with Gasteiger partial charge in [-0.25, -0.2) is 17.9 Å². The molecule has 2 rings (SSSR count). The number of primary sulfonamides is 1. The molecule has 0 bridgehead atoms. The van der Waals surface area contributed by atoms with E-state index in [0.717, 1.165) is 22.4 Å². The van der Waals surface area contributed by atoms with Crippen LogP contribution in [0.3, 0.4) is 0 Å². The van der Waals surface area contributed by atoms with Gasteiger partial charge in [-0.3, -0.25) is 4.99 Å². The van der Waals surface area contributed by atoms with E-state index < -0.39 is 10.0 Å². The first-order valence-electron chi connectivity index (χ1n) is 8.16. The Morgan fingerprint density at radius 3 is 2.56 bits per heavy atom. The lowest BCUT2D eigenvalue weighted by atomic mass is 10.1. The van der Waals surface area contributed by atoms with Gasteiger partial charge in [0.25, 0.3) is 0 Å². The number of halogens is 1. The summed E-state index contributed by atoms with van der Waals surface area (Å²) < 4.78 is 36.3. The quantitative estimate of drug-likeness (QED) is 0.480. The summed E-state index contributed by atoms with van der Waals surface area (Å²) in [7, 11) is -2.09. The number of rotatable bonds is 7. The zero-order valence-electron chi connectivity index (χ0n) is 15.2. The number of nitrogens with two attached hydrogens (primary N) is 1. The lowest BCUT2D eigenvalue weighted by Gasteiger charge is -2.14. The SMILES string of the molecule is CN=C(NCc1cccc(S(N)(=O)=O)c1)NCc1ccc(F)cc1CSC. The van der Waals surface area contributed by atoms with Crippen LogP contribution in [0.5, 0.6) is 0 Å². The van der Waals surface area contributed by atoms with E-state index in [0.29, 0.717) is 19.0 Å². The molecule has 9 heteroatoms. The third kappa shape index (κ3) is 6.53. The number of hydrogen-bond donors (Lipinski definition) is 3. The second kappa shape index (κ2) is 9.72. The number of sulfonamides is 1. The molecule has 0 amide bonds. The van der Waals surface area contributed by atoms with E-state index in [1.54, 1.807) is 43.1 Å². The van der Waals surface area contributed by atoms with Crippen molar-refractivity contribution in [2.45, 2.75) is 23.7 Å². The summed E-state index contributed by atoms with van der Waals surface area (Å²) in [5.74, 6) is 1.02. The molecule has 0 heterocycles. The summed E-state index contributed by atoms with van der Waals surface area (Å²) in [6, 6.07) is 11.2. The molecule has 6 nitrogen and oxygen atoms in total. The largest absolute Gasteiger partial charge is 0.352 e. The lowest BCUT2D eigenvalue weighted by Crippen LogP contribution is -2.36. The highest BCUT2D eigenvalue weighted by atomic mass is 32.2. The Hall–Kier alpha value is -2.10. The molecule has 0 fully saturated rings. The summed E-state index contributed by atoms with van der Waals surface area (Å²) >= 11 is 1.63. The van der Waals surface area contributed by atoms with Gasteiger partial charge in [-0.2, -0.15) is 11.8 Å². The molecule has 2 aromatic carbocycles. The molecule has 0 aliphatic carbocycles. The van der Waals surface area contributed by atoms with E-state index >= 15 is 0 Å². The van der Waals surface area contributed by atoms with Crippen LogP contribution in [-0.2, 0) is 28.9 Å². The predicted octanol–water partition coefficient (Wildman–Crippen LogP) is 2.20. The van der Waals surface area contributed by atoms with Crippen molar-refractivity contribution in [1.29, 1.82) is 0 Å². The minimum Gasteiger partial charge on any atom is -0.352 e. The summed E-state index contributed by atoms with van der Waals surface area (Å²) in [6.07, 6.45) is 1.97. The molecule has 2 aromatic rings. The third-order valence-corrected chi connectivity index (χ3v) is 5.34. The predicted molar refractivity (Wildman–Crippen MR) is 108 cm³/mol. The van der Waals surface area contributed by atoms with Gasteiger partial charge in [-0.05, 0) is 47.2 Å². The van der Waals surface area contributed by atoms with Gasteiger partial charge < -0.3 is 10.6 Å². The van der Waals surface area contributed by atoms with Crippen LogP contribution in [0, 0.1) is 5.82 Å². The minimum absolute atomic E-state index is 0.0674. The number of aliphatic imine (C=N–C) groups is 1. The van der Waals surface area contributed by atoms with Crippen LogP contribution in [-0.4, -0.2) is 27.7 Å². The second-order valence-electron chi connectivity index (χ2n) is 5.82. The van der Waals surface area contributed by atoms with Crippen LogP contribution in [0.25, 0.3) is 0 Å². The molecule has 27 heavy (non-hydrogen) atoms. The van der Waals surface area contributed by atoms with Crippen molar-refractivity contribution in [1.82, 2.24) is 10.6 Å². The van der Waals surface area contributed by atoms with Gasteiger partial charge in [0, 0.05) is 25.9 Å². The van der Waals surface area contributed by atoms with Gasteiger partial charge in [0.05, 0.1) is 4.90 Å². The first kappa shape index (κ1) is 21.2. The number of nitrogens with zero attached hydrogens (tertiary/aromatic N) is 1. The number of nitrogens with one attached hydrogen (secondary N) is 2. The number of benzene rings is 2. The summed E-state index contributed by atoms with van der Waals surface area (Å²) in [6.45, 7) is 0.872. The Kier molecular flexibility index (Phi) is 7.64. The first-order valence-corrected chi connectivity index (χ1v) is 11.1. The molecule has 0 unspecified atom stereocenters. The summed E-state index contributed by atoms with van der Waals surface area (Å²) in [4.78, 5) is 4.22. The Balaban J connectivity index is 1.99. The van der Waals surface area contributed by atoms with Gasteiger partial charge in [0.15, 0.2) is 5.96 Å². The van der Waals surface area contributed by atoms with E-state index in [4.69, 9.17) is 5.14 Å². The van der Waals surface area contributed by atoms with E-state index in [2.05, 4.69) is 15.6 Å². The highest BCUT2D eigenvalue weighted by Gasteiger charge is 2.09. The van der Waals surface area contributed by atoms with Crippen LogP contribution < -0.4 is 15.8 Å². The maximum Gasteiger partial charge on any atom is 0.238 e. The van der Waals surface area contributed by atoms with Crippen molar-refractivity contribution in [3.63, 3.8) is 0 Å². The second-order valence-corrected chi connectivity index (χ2v) is 8.25. The molecule has 0 aliphatic heterocycles. The number of hydrogen-bond acceptors (Lipinski definition) is 4. The van der Waals surface area contributed by atoms with Crippen LogP contribution in [0.2, 0.25) is 0 Å². The molecule has 0 radical (unpaired) electrons. The summed E-state index contributed by atoms with van der Waals surface area (Å²) in [5, 5.41) is 11.5. The fourth-order valence-corrected chi connectivity index (χ4v) is 3.64. The van der Waals surface area contributed by atoms with Crippen molar-refractivity contribution in [2.24, 2.45) is 10.1 Å². The molecule has 0 saturated carbocycles. The van der Waals surface area contributed by atoms with E-state index in [1.807, 2.05) is 6.26 Å². The Bertz CT molecular complexity index is 917. The normalized spacial score (nSPS) is 12.1. The maximum atomic E-state index is 13.4. The Labute approximate surface area is 163 Å². The molecule has 0 aliphatic rings. The monoisotopic (exact) mass is 410 g/mol. The molecular weight excluding hydrogens is 387 g/mol. The smallest absolute Gasteiger partial charge is 0.238 e. The highest BCUT2D eigenvalue weighted by molar-refractivity contribution is 7.97. The van der Waals surface area contributed by atoms with Crippen molar-refractivity contribution in [2.75, 3.05) is 13.3 Å². The van der Waals surface area contributed by atoms with Gasteiger partial charge in [0.1, 0.15) is 5.82 Å². The fourth-order valence-electron chi connectivity index (χ4n) is 2.47. The van der Waals surface area contributed by atoms with Crippen LogP contribution in [0.4, 0.5) is 4.39 Å². The van der Waals surface area contributed by atoms with Crippen LogP contribution in [0.15, 0.2) is 52.4 Å². The molecule has 0 atom stereocenters. The average Bonchev–Trinajstić information content (AvgIpc) is 2.63. The topological polar surface area (TPSA) is 96.6 Å². The molecule has 0 aromatic heterocycles. The van der Waals surface area contributed by atoms with Gasteiger partial charge in [-0.1, -0.05) is 18.2 Å². The molecule has 0 spiro atoms. The standard InChI is InChI=1S/C18H23FN4O2S2/c1-21-18(22-10-13-4-3-5-17(8-13)27(20,24)25)23-11-14-6-7-16(19)9-15(14)12-26-2/h3-9H,10-12H2,1-2H3,(H2,20,24,25)(H2,21,22,23). The minimum atomic E-state index is -3.74. The molecule has 4 N–H and O–H groups in total. The van der Waals surface area contributed by atoms with E-state index in [9.17, 15) is 12.8 Å². The fraction of sp³-hybridized carbons (Fsp3) is 0.278. The molecular formula is C18H23FN4O2S2.